The van der Waals surface area contributed by atoms with Crippen molar-refractivity contribution in [3.63, 3.8) is 0 Å². The molecule has 0 heterocycles. The van der Waals surface area contributed by atoms with Crippen LogP contribution in [0.4, 0.5) is 0 Å². The molecule has 0 unspecified atom stereocenters. The van der Waals surface area contributed by atoms with Crippen LogP contribution in [0.3, 0.4) is 0 Å². The molecule has 24 heavy (non-hydrogen) atoms. The highest BCUT2D eigenvalue weighted by molar-refractivity contribution is 5.75. The summed E-state index contributed by atoms with van der Waals surface area (Å²) in [5.74, 6) is 1.34. The van der Waals surface area contributed by atoms with Gasteiger partial charge in [-0.1, -0.05) is 63.6 Å². The Balaban J connectivity index is 2.39. The number of nitrogens with one attached hydrogen (secondary N) is 1. The predicted molar refractivity (Wildman–Crippen MR) is 107 cm³/mol. The normalized spacial score (nSPS) is 16.7. The minimum atomic E-state index is 0.654. The maximum absolute atomic E-state index is 4.39. The third-order valence-electron chi connectivity index (χ3n) is 4.93. The molecule has 0 spiro atoms. The van der Waals surface area contributed by atoms with Gasteiger partial charge in [0, 0.05) is 7.05 Å². The molecule has 0 aromatic heterocycles. The van der Waals surface area contributed by atoms with E-state index in [4.69, 9.17) is 0 Å². The van der Waals surface area contributed by atoms with Crippen molar-refractivity contribution in [3.05, 3.63) is 65.4 Å². The average molecular weight is 324 g/mol. The first kappa shape index (κ1) is 18.6. The molecule has 0 atom stereocenters. The standard InChI is InChI=1S/C23H33N/c1-17(2)14-21(16-24-5)23(20-11-7-8-12-20)15-19(4)22-13-9-6-10-18(22)3/h6,9-10,13,15-17,20,24H,4,7-8,11-12,14H2,1-3,5H3/b21-16-,23-15-. The smallest absolute Gasteiger partial charge is 0.00278 e. The second-order valence-electron chi connectivity index (χ2n) is 7.48. The molecule has 1 aromatic carbocycles. The molecule has 0 radical (unpaired) electrons. The molecule has 130 valence electrons. The number of allylic oxidation sites excluding steroid dienone is 4. The fourth-order valence-corrected chi connectivity index (χ4v) is 3.78. The molecule has 1 fully saturated rings. The minimum Gasteiger partial charge on any atom is -0.394 e. The van der Waals surface area contributed by atoms with Crippen molar-refractivity contribution in [2.45, 2.75) is 52.9 Å². The number of hydrogen-bond donors (Lipinski definition) is 1. The van der Waals surface area contributed by atoms with E-state index in [1.165, 1.54) is 48.0 Å². The molecule has 2 rings (SSSR count). The Labute approximate surface area is 148 Å². The van der Waals surface area contributed by atoms with Gasteiger partial charge in [-0.3, -0.25) is 0 Å². The summed E-state index contributed by atoms with van der Waals surface area (Å²) in [5, 5.41) is 3.27. The molecule has 0 bridgehead atoms. The molecular weight excluding hydrogens is 290 g/mol. The Morgan fingerprint density at radius 2 is 1.92 bits per heavy atom. The Bertz CT molecular complexity index is 613. The van der Waals surface area contributed by atoms with Crippen molar-refractivity contribution >= 4 is 5.57 Å². The summed E-state index contributed by atoms with van der Waals surface area (Å²) in [4.78, 5) is 0. The van der Waals surface area contributed by atoms with E-state index >= 15 is 0 Å². The van der Waals surface area contributed by atoms with Crippen LogP contribution in [-0.4, -0.2) is 7.05 Å². The number of rotatable bonds is 7. The van der Waals surface area contributed by atoms with Gasteiger partial charge in [-0.2, -0.15) is 0 Å². The highest BCUT2D eigenvalue weighted by Crippen LogP contribution is 2.38. The van der Waals surface area contributed by atoms with Gasteiger partial charge in [0.1, 0.15) is 0 Å². The van der Waals surface area contributed by atoms with Gasteiger partial charge >= 0.3 is 0 Å². The van der Waals surface area contributed by atoms with Crippen LogP contribution in [0.2, 0.25) is 0 Å². The van der Waals surface area contributed by atoms with Crippen molar-refractivity contribution in [2.75, 3.05) is 7.05 Å². The lowest BCUT2D eigenvalue weighted by molar-refractivity contribution is 0.599. The Kier molecular flexibility index (Phi) is 6.90. The lowest BCUT2D eigenvalue weighted by atomic mass is 9.85. The van der Waals surface area contributed by atoms with Gasteiger partial charge in [-0.25, -0.2) is 0 Å². The summed E-state index contributed by atoms with van der Waals surface area (Å²) in [6.45, 7) is 11.2. The second kappa shape index (κ2) is 8.92. The topological polar surface area (TPSA) is 12.0 Å². The van der Waals surface area contributed by atoms with Crippen LogP contribution in [0.15, 0.2) is 54.3 Å². The monoisotopic (exact) mass is 323 g/mol. The maximum Gasteiger partial charge on any atom is 0.00278 e. The van der Waals surface area contributed by atoms with Crippen molar-refractivity contribution < 1.29 is 0 Å². The molecule has 0 amide bonds. The maximum atomic E-state index is 4.39. The van der Waals surface area contributed by atoms with Crippen molar-refractivity contribution in [2.24, 2.45) is 11.8 Å². The molecule has 1 saturated carbocycles. The Hall–Kier alpha value is -1.76. The van der Waals surface area contributed by atoms with Crippen molar-refractivity contribution in [3.8, 4) is 0 Å². The van der Waals surface area contributed by atoms with E-state index < -0.39 is 0 Å². The highest BCUT2D eigenvalue weighted by atomic mass is 14.8. The van der Waals surface area contributed by atoms with Crippen molar-refractivity contribution in [1.82, 2.24) is 5.32 Å². The lowest BCUT2D eigenvalue weighted by Gasteiger charge is -2.21. The largest absolute Gasteiger partial charge is 0.394 e. The first-order valence-electron chi connectivity index (χ1n) is 9.36. The summed E-state index contributed by atoms with van der Waals surface area (Å²) in [6, 6.07) is 8.56. The molecule has 1 N–H and O–H groups in total. The molecule has 1 aliphatic rings. The van der Waals surface area contributed by atoms with E-state index in [0.717, 1.165) is 12.0 Å². The van der Waals surface area contributed by atoms with Crippen LogP contribution in [0.5, 0.6) is 0 Å². The molecule has 1 aromatic rings. The molecule has 0 aliphatic heterocycles. The van der Waals surface area contributed by atoms with Crippen LogP contribution in [0, 0.1) is 18.8 Å². The summed E-state index contributed by atoms with van der Waals surface area (Å²) in [6.07, 6.45) is 11.0. The number of benzene rings is 1. The third-order valence-corrected chi connectivity index (χ3v) is 4.93. The molecule has 1 heteroatoms. The molecule has 0 saturated heterocycles. The highest BCUT2D eigenvalue weighted by Gasteiger charge is 2.23. The van der Waals surface area contributed by atoms with E-state index in [1.54, 1.807) is 0 Å². The molecule has 1 nitrogen and oxygen atoms in total. The van der Waals surface area contributed by atoms with Gasteiger partial charge in [-0.15, -0.1) is 0 Å². The molecular formula is C23H33N. The van der Waals surface area contributed by atoms with Crippen LogP contribution in [0.1, 0.15) is 57.1 Å². The van der Waals surface area contributed by atoms with Gasteiger partial charge in [0.05, 0.1) is 0 Å². The zero-order chi connectivity index (χ0) is 17.5. The summed E-state index contributed by atoms with van der Waals surface area (Å²) in [5.41, 5.74) is 6.66. The lowest BCUT2D eigenvalue weighted by Crippen LogP contribution is -2.08. The number of aryl methyl sites for hydroxylation is 1. The third kappa shape index (κ3) is 4.87. The first-order valence-corrected chi connectivity index (χ1v) is 9.36. The van der Waals surface area contributed by atoms with Crippen LogP contribution in [-0.2, 0) is 0 Å². The van der Waals surface area contributed by atoms with Crippen LogP contribution < -0.4 is 5.32 Å². The minimum absolute atomic E-state index is 0.654. The predicted octanol–water partition coefficient (Wildman–Crippen LogP) is 6.27. The molecule has 1 aliphatic carbocycles. The van der Waals surface area contributed by atoms with Gasteiger partial charge in [0.2, 0.25) is 0 Å². The average Bonchev–Trinajstić information content (AvgIpc) is 3.06. The van der Waals surface area contributed by atoms with E-state index in [1.807, 2.05) is 7.05 Å². The Morgan fingerprint density at radius 3 is 2.50 bits per heavy atom. The SMILES string of the molecule is C=C(/C=C(\C(=C/NC)CC(C)C)C1CCCC1)c1ccccc1C. The van der Waals surface area contributed by atoms with E-state index in [-0.39, 0.29) is 0 Å². The van der Waals surface area contributed by atoms with E-state index in [0.29, 0.717) is 11.8 Å². The Morgan fingerprint density at radius 1 is 1.25 bits per heavy atom. The van der Waals surface area contributed by atoms with Crippen molar-refractivity contribution in [1.29, 1.82) is 0 Å². The summed E-state index contributed by atoms with van der Waals surface area (Å²) < 4.78 is 0. The van der Waals surface area contributed by atoms with Gasteiger partial charge in [-0.05, 0) is 72.1 Å². The quantitative estimate of drug-likeness (QED) is 0.583. The van der Waals surface area contributed by atoms with Gasteiger partial charge < -0.3 is 5.32 Å². The number of hydrogen-bond acceptors (Lipinski definition) is 1. The fourth-order valence-electron chi connectivity index (χ4n) is 3.78. The van der Waals surface area contributed by atoms with Gasteiger partial charge in [0.15, 0.2) is 0 Å². The van der Waals surface area contributed by atoms with Crippen LogP contribution >= 0.6 is 0 Å². The first-order chi connectivity index (χ1) is 11.5. The summed E-state index contributed by atoms with van der Waals surface area (Å²) >= 11 is 0. The fraction of sp³-hybridized carbons (Fsp3) is 0.478. The van der Waals surface area contributed by atoms with Gasteiger partial charge in [0.25, 0.3) is 0 Å². The zero-order valence-electron chi connectivity index (χ0n) is 15.9. The van der Waals surface area contributed by atoms with E-state index in [2.05, 4.69) is 69.2 Å². The summed E-state index contributed by atoms with van der Waals surface area (Å²) in [7, 11) is 2.00. The zero-order valence-corrected chi connectivity index (χ0v) is 15.9. The second-order valence-corrected chi connectivity index (χ2v) is 7.48. The van der Waals surface area contributed by atoms with E-state index in [9.17, 15) is 0 Å². The van der Waals surface area contributed by atoms with Crippen LogP contribution in [0.25, 0.3) is 5.57 Å².